The van der Waals surface area contributed by atoms with Gasteiger partial charge in [-0.15, -0.1) is 0 Å². The molecule has 0 aromatic rings. The summed E-state index contributed by atoms with van der Waals surface area (Å²) in [6.07, 6.45) is 0. The van der Waals surface area contributed by atoms with Gasteiger partial charge in [0.15, 0.2) is 0 Å². The molecule has 2 amide bonds. The van der Waals surface area contributed by atoms with Crippen molar-refractivity contribution in [2.45, 2.75) is 13.8 Å². The highest BCUT2D eigenvalue weighted by Gasteiger charge is 2.04. The SMILES string of the molecule is C=C(C)C(=O)N[C]NC(=O)C(=C)C. The topological polar surface area (TPSA) is 58.2 Å². The van der Waals surface area contributed by atoms with Gasteiger partial charge in [0.05, 0.1) is 0 Å². The lowest BCUT2D eigenvalue weighted by Crippen LogP contribution is -2.32. The zero-order valence-electron chi connectivity index (χ0n) is 7.73. The van der Waals surface area contributed by atoms with Crippen molar-refractivity contribution in [2.24, 2.45) is 0 Å². The van der Waals surface area contributed by atoms with E-state index in [9.17, 15) is 9.59 Å². The van der Waals surface area contributed by atoms with E-state index in [1.165, 1.54) is 0 Å². The monoisotopic (exact) mass is 180 g/mol. The summed E-state index contributed by atoms with van der Waals surface area (Å²) in [5.41, 5.74) is 0.689. The Morgan fingerprint density at radius 3 is 1.54 bits per heavy atom. The third-order valence-corrected chi connectivity index (χ3v) is 1.13. The highest BCUT2D eigenvalue weighted by atomic mass is 16.2. The highest BCUT2D eigenvalue weighted by molar-refractivity contribution is 5.95. The van der Waals surface area contributed by atoms with Crippen LogP contribution in [0.5, 0.6) is 0 Å². The van der Waals surface area contributed by atoms with Gasteiger partial charge in [0.1, 0.15) is 0 Å². The summed E-state index contributed by atoms with van der Waals surface area (Å²) in [4.78, 5) is 21.7. The molecule has 4 nitrogen and oxygen atoms in total. The molecule has 4 heteroatoms. The molecule has 0 fully saturated rings. The minimum atomic E-state index is -0.387. The predicted molar refractivity (Wildman–Crippen MR) is 49.2 cm³/mol. The summed E-state index contributed by atoms with van der Waals surface area (Å²) >= 11 is 0. The quantitative estimate of drug-likeness (QED) is 0.485. The van der Waals surface area contributed by atoms with Gasteiger partial charge in [-0.1, -0.05) is 13.2 Å². The second-order valence-corrected chi connectivity index (χ2v) is 2.59. The number of hydrogen-bond donors (Lipinski definition) is 2. The normalized spacial score (nSPS) is 8.77. The van der Waals surface area contributed by atoms with E-state index in [1.54, 1.807) is 13.8 Å². The van der Waals surface area contributed by atoms with Gasteiger partial charge in [0.25, 0.3) is 0 Å². The molecule has 0 heterocycles. The fraction of sp³-hybridized carbons (Fsp3) is 0.222. The van der Waals surface area contributed by atoms with Gasteiger partial charge in [-0.2, -0.15) is 0 Å². The minimum absolute atomic E-state index is 0.345. The van der Waals surface area contributed by atoms with Gasteiger partial charge in [-0.05, 0) is 13.8 Å². The van der Waals surface area contributed by atoms with Crippen LogP contribution in [-0.2, 0) is 9.59 Å². The van der Waals surface area contributed by atoms with Crippen LogP contribution in [0.25, 0.3) is 0 Å². The molecule has 0 bridgehead atoms. The fourth-order valence-electron chi connectivity index (χ4n) is 0.358. The second-order valence-electron chi connectivity index (χ2n) is 2.59. The lowest BCUT2D eigenvalue weighted by atomic mass is 10.3. The number of amides is 2. The van der Waals surface area contributed by atoms with Crippen LogP contribution in [0.15, 0.2) is 24.3 Å². The average molecular weight is 180 g/mol. The van der Waals surface area contributed by atoms with E-state index in [0.717, 1.165) is 0 Å². The molecule has 70 valence electrons. The van der Waals surface area contributed by atoms with Crippen molar-refractivity contribution in [3.63, 3.8) is 0 Å². The Hall–Kier alpha value is -1.58. The first-order valence-corrected chi connectivity index (χ1v) is 3.62. The van der Waals surface area contributed by atoms with Crippen LogP contribution in [0.1, 0.15) is 13.8 Å². The standard InChI is InChI=1S/C9H12N2O2/c1-6(2)8(12)10-5-11-9(13)7(3)4/h1,3H2,2,4H3,(H,10,12)(H,11,13). The zero-order valence-corrected chi connectivity index (χ0v) is 7.73. The van der Waals surface area contributed by atoms with Crippen molar-refractivity contribution in [2.75, 3.05) is 0 Å². The largest absolute Gasteiger partial charge is 0.322 e. The second kappa shape index (κ2) is 5.13. The first kappa shape index (κ1) is 11.4. The first-order chi connectivity index (χ1) is 5.95. The van der Waals surface area contributed by atoms with E-state index in [0.29, 0.717) is 11.1 Å². The minimum Gasteiger partial charge on any atom is -0.322 e. The smallest absolute Gasteiger partial charge is 0.248 e. The van der Waals surface area contributed by atoms with Gasteiger partial charge < -0.3 is 10.6 Å². The van der Waals surface area contributed by atoms with Gasteiger partial charge in [-0.25, -0.2) is 0 Å². The van der Waals surface area contributed by atoms with Crippen molar-refractivity contribution >= 4 is 11.8 Å². The molecule has 0 aliphatic heterocycles. The lowest BCUT2D eigenvalue weighted by Gasteiger charge is -2.03. The molecule has 0 atom stereocenters. The summed E-state index contributed by atoms with van der Waals surface area (Å²) in [5.74, 6) is -0.774. The Morgan fingerprint density at radius 2 is 1.31 bits per heavy atom. The maximum absolute atomic E-state index is 10.8. The van der Waals surface area contributed by atoms with Gasteiger partial charge in [0, 0.05) is 11.1 Å². The van der Waals surface area contributed by atoms with Crippen LogP contribution in [0.3, 0.4) is 0 Å². The summed E-state index contributed by atoms with van der Waals surface area (Å²) in [6, 6.07) is 0. The summed E-state index contributed by atoms with van der Waals surface area (Å²) < 4.78 is 0. The Morgan fingerprint density at radius 1 is 1.00 bits per heavy atom. The Bertz CT molecular complexity index is 230. The molecule has 0 spiro atoms. The van der Waals surface area contributed by atoms with Crippen molar-refractivity contribution in [1.29, 1.82) is 0 Å². The molecule has 0 saturated carbocycles. The van der Waals surface area contributed by atoms with Crippen molar-refractivity contribution in [1.82, 2.24) is 10.6 Å². The number of carbonyl (C=O) groups is 2. The average Bonchev–Trinajstić information content (AvgIpc) is 2.03. The predicted octanol–water partition coefficient (Wildman–Crippen LogP) is 0.367. The van der Waals surface area contributed by atoms with E-state index in [2.05, 4.69) is 30.5 Å². The van der Waals surface area contributed by atoms with Crippen LogP contribution in [-0.4, -0.2) is 11.8 Å². The summed E-state index contributed by atoms with van der Waals surface area (Å²) in [7, 11) is 0. The molecule has 0 rings (SSSR count). The third-order valence-electron chi connectivity index (χ3n) is 1.13. The van der Waals surface area contributed by atoms with E-state index >= 15 is 0 Å². The number of rotatable bonds is 4. The summed E-state index contributed by atoms with van der Waals surface area (Å²) in [6.45, 7) is 12.1. The Kier molecular flexibility index (Phi) is 4.51. The van der Waals surface area contributed by atoms with Gasteiger partial charge >= 0.3 is 0 Å². The Balaban J connectivity index is 3.69. The maximum atomic E-state index is 10.8. The van der Waals surface area contributed by atoms with Gasteiger partial charge in [-0.3, -0.25) is 9.59 Å². The molecule has 0 unspecified atom stereocenters. The molecule has 0 aromatic heterocycles. The van der Waals surface area contributed by atoms with Crippen molar-refractivity contribution in [3.8, 4) is 0 Å². The molecular weight excluding hydrogens is 168 g/mol. The Labute approximate surface area is 77.7 Å². The lowest BCUT2D eigenvalue weighted by molar-refractivity contribution is -0.118. The van der Waals surface area contributed by atoms with Crippen LogP contribution in [0.4, 0.5) is 0 Å². The van der Waals surface area contributed by atoms with E-state index in [1.807, 2.05) is 0 Å². The molecule has 0 aromatic carbocycles. The van der Waals surface area contributed by atoms with Crippen molar-refractivity contribution in [3.05, 3.63) is 31.0 Å². The third kappa shape index (κ3) is 4.79. The fourth-order valence-corrected chi connectivity index (χ4v) is 0.358. The van der Waals surface area contributed by atoms with Crippen LogP contribution in [0.2, 0.25) is 0 Å². The molecular formula is C9H12N2O2. The maximum Gasteiger partial charge on any atom is 0.248 e. The number of nitrogens with one attached hydrogen (secondary N) is 2. The molecule has 0 aliphatic carbocycles. The van der Waals surface area contributed by atoms with E-state index < -0.39 is 0 Å². The van der Waals surface area contributed by atoms with Crippen LogP contribution < -0.4 is 10.6 Å². The highest BCUT2D eigenvalue weighted by Crippen LogP contribution is 1.87. The van der Waals surface area contributed by atoms with Crippen molar-refractivity contribution < 1.29 is 9.59 Å². The summed E-state index contributed by atoms with van der Waals surface area (Å²) in [5, 5.41) is 4.41. The molecule has 2 radical (unpaired) electrons. The van der Waals surface area contributed by atoms with Crippen LogP contribution >= 0.6 is 0 Å². The molecule has 13 heavy (non-hydrogen) atoms. The zero-order chi connectivity index (χ0) is 10.4. The molecule has 0 saturated heterocycles. The van der Waals surface area contributed by atoms with E-state index in [4.69, 9.17) is 0 Å². The van der Waals surface area contributed by atoms with Gasteiger partial charge in [0.2, 0.25) is 18.5 Å². The van der Waals surface area contributed by atoms with Crippen LogP contribution in [0, 0.1) is 6.67 Å². The molecule has 2 N–H and O–H groups in total. The first-order valence-electron chi connectivity index (χ1n) is 3.62. The number of carbonyl (C=O) groups excluding carboxylic acids is 2. The number of hydrogen-bond acceptors (Lipinski definition) is 2. The molecule has 0 aliphatic rings. The van der Waals surface area contributed by atoms with E-state index in [-0.39, 0.29) is 11.8 Å².